The fourth-order valence-corrected chi connectivity index (χ4v) is 10.2. The van der Waals surface area contributed by atoms with Crippen LogP contribution in [0.3, 0.4) is 0 Å². The smallest absolute Gasteiger partial charge is 0.329 e. The highest BCUT2D eigenvalue weighted by Gasteiger charge is 2.56. The number of ketones is 2. The SMILES string of the molecule is CCC1CC(C)CC(C)CC(OC)C2OC(O)(C(=O)C(=O)N3C=CCCC3C(=O)OC(C(C)=CC3CCC(O)C(Oc4ccc(OC)cc4)C3)C(C)C(O)CC1=O)C(C)CC2OC. The first-order valence-electron chi connectivity index (χ1n) is 23.0. The summed E-state index contributed by atoms with van der Waals surface area (Å²) in [6.07, 6.45) is 4.17. The van der Waals surface area contributed by atoms with Gasteiger partial charge in [-0.25, -0.2) is 4.79 Å². The topological polar surface area (TPSA) is 188 Å². The summed E-state index contributed by atoms with van der Waals surface area (Å²) in [5.74, 6) is -6.27. The van der Waals surface area contributed by atoms with Crippen LogP contribution in [0.1, 0.15) is 112 Å². The van der Waals surface area contributed by atoms with Gasteiger partial charge in [0.2, 0.25) is 5.79 Å². The molecule has 14 nitrogen and oxygen atoms in total. The number of methoxy groups -OCH3 is 3. The second-order valence-electron chi connectivity index (χ2n) is 18.8. The molecule has 1 aliphatic carbocycles. The van der Waals surface area contributed by atoms with E-state index in [-0.39, 0.29) is 48.7 Å². The molecular weight excluding hydrogens is 811 g/mol. The first-order chi connectivity index (χ1) is 29.9. The van der Waals surface area contributed by atoms with Crippen molar-refractivity contribution >= 4 is 23.4 Å². The zero-order valence-corrected chi connectivity index (χ0v) is 38.8. The van der Waals surface area contributed by atoms with Crippen molar-refractivity contribution in [2.45, 2.75) is 167 Å². The molecule has 4 aliphatic rings. The number of amides is 1. The summed E-state index contributed by atoms with van der Waals surface area (Å²) in [5.41, 5.74) is 0.630. The zero-order chi connectivity index (χ0) is 46.2. The van der Waals surface area contributed by atoms with E-state index >= 15 is 0 Å². The monoisotopic (exact) mass is 884 g/mol. The van der Waals surface area contributed by atoms with E-state index in [4.69, 9.17) is 28.4 Å². The average Bonchev–Trinajstić information content (AvgIpc) is 3.27. The maximum atomic E-state index is 14.4. The van der Waals surface area contributed by atoms with Gasteiger partial charge in [0.15, 0.2) is 0 Å². The Balaban J connectivity index is 1.49. The van der Waals surface area contributed by atoms with Crippen molar-refractivity contribution in [2.24, 2.45) is 35.5 Å². The minimum Gasteiger partial charge on any atom is -0.497 e. The fourth-order valence-electron chi connectivity index (χ4n) is 10.2. The molecular formula is C49H73NO13. The van der Waals surface area contributed by atoms with Crippen LogP contribution in [0.25, 0.3) is 0 Å². The molecule has 5 rings (SSSR count). The van der Waals surface area contributed by atoms with Crippen LogP contribution >= 0.6 is 0 Å². The van der Waals surface area contributed by atoms with E-state index in [2.05, 4.69) is 13.8 Å². The summed E-state index contributed by atoms with van der Waals surface area (Å²) >= 11 is 0. The van der Waals surface area contributed by atoms with E-state index in [1.807, 2.05) is 19.9 Å². The van der Waals surface area contributed by atoms with Crippen molar-refractivity contribution < 1.29 is 62.9 Å². The molecule has 3 fully saturated rings. The summed E-state index contributed by atoms with van der Waals surface area (Å²) < 4.78 is 35.8. The van der Waals surface area contributed by atoms with Gasteiger partial charge in [0.1, 0.15) is 41.6 Å². The van der Waals surface area contributed by atoms with Crippen molar-refractivity contribution in [2.75, 3.05) is 21.3 Å². The number of hydrogen-bond donors (Lipinski definition) is 3. The van der Waals surface area contributed by atoms with E-state index < -0.39 is 84.1 Å². The molecule has 1 aromatic rings. The molecule has 0 radical (unpaired) electrons. The van der Waals surface area contributed by atoms with Gasteiger partial charge in [-0.3, -0.25) is 19.3 Å². The summed E-state index contributed by atoms with van der Waals surface area (Å²) in [7, 11) is 4.65. The van der Waals surface area contributed by atoms with Gasteiger partial charge < -0.3 is 43.7 Å². The van der Waals surface area contributed by atoms with E-state index in [0.717, 1.165) is 11.3 Å². The van der Waals surface area contributed by atoms with Crippen LogP contribution in [0.4, 0.5) is 0 Å². The number of carbonyl (C=O) groups excluding carboxylic acids is 4. The molecule has 2 saturated heterocycles. The maximum absolute atomic E-state index is 14.4. The van der Waals surface area contributed by atoms with Gasteiger partial charge in [0, 0.05) is 44.6 Å². The highest BCUT2D eigenvalue weighted by atomic mass is 16.7. The van der Waals surface area contributed by atoms with Crippen LogP contribution in [0.5, 0.6) is 11.5 Å². The van der Waals surface area contributed by atoms with Crippen molar-refractivity contribution in [1.29, 1.82) is 0 Å². The van der Waals surface area contributed by atoms with Crippen LogP contribution < -0.4 is 9.47 Å². The number of rotatable bonds is 8. The third kappa shape index (κ3) is 12.2. The van der Waals surface area contributed by atoms with Crippen molar-refractivity contribution in [3.05, 3.63) is 48.2 Å². The molecule has 0 aromatic heterocycles. The summed E-state index contributed by atoms with van der Waals surface area (Å²) in [6, 6.07) is 5.90. The number of aliphatic hydroxyl groups excluding tert-OH is 2. The summed E-state index contributed by atoms with van der Waals surface area (Å²) in [6.45, 7) is 11.3. The second-order valence-corrected chi connectivity index (χ2v) is 18.8. The first kappa shape index (κ1) is 50.3. The molecule has 1 amide bonds. The molecule has 2 bridgehead atoms. The lowest BCUT2D eigenvalue weighted by Crippen LogP contribution is -2.64. The Morgan fingerprint density at radius 3 is 2.14 bits per heavy atom. The van der Waals surface area contributed by atoms with Gasteiger partial charge in [-0.2, -0.15) is 0 Å². The molecule has 3 aliphatic heterocycles. The number of esters is 1. The van der Waals surface area contributed by atoms with Crippen LogP contribution in [0.15, 0.2) is 48.2 Å². The lowest BCUT2D eigenvalue weighted by atomic mass is 9.79. The standard InChI is InChI=1S/C49H73NO13/c1-10-34-22-28(2)21-29(3)23-42(59-8)45-43(60-9)25-31(5)49(57,63-45)46(54)47(55)50-20-12-11-13-37(50)48(56)62-44(32(6)39(52)27-40(34)53)30(4)24-33-14-19-38(51)41(26-33)61-36-17-15-35(58-7)16-18-36/h12,15-18,20,24,28-29,31-34,37-39,41-45,51-52,57H,10-11,13-14,19,21-23,25-27H2,1-9H3. The molecule has 1 saturated carbocycles. The molecule has 3 N–H and O–H groups in total. The Morgan fingerprint density at radius 2 is 1.49 bits per heavy atom. The Labute approximate surface area is 373 Å². The third-order valence-electron chi connectivity index (χ3n) is 14.0. The molecule has 15 atom stereocenters. The number of nitrogens with zero attached hydrogens (tertiary/aromatic N) is 1. The zero-order valence-electron chi connectivity index (χ0n) is 38.8. The van der Waals surface area contributed by atoms with Crippen LogP contribution in [0, 0.1) is 35.5 Å². The molecule has 63 heavy (non-hydrogen) atoms. The first-order valence-corrected chi connectivity index (χ1v) is 23.0. The lowest BCUT2D eigenvalue weighted by Gasteiger charge is -2.46. The summed E-state index contributed by atoms with van der Waals surface area (Å²) in [4.78, 5) is 58.0. The molecule has 0 spiro atoms. The predicted molar refractivity (Wildman–Crippen MR) is 234 cm³/mol. The number of cyclic esters (lactones) is 1. The number of allylic oxidation sites excluding steroid dienone is 2. The maximum Gasteiger partial charge on any atom is 0.329 e. The van der Waals surface area contributed by atoms with E-state index in [1.54, 1.807) is 51.3 Å². The number of aliphatic hydroxyl groups is 3. The minimum absolute atomic E-state index is 0.0665. The molecule has 1 aromatic carbocycles. The Bertz CT molecular complexity index is 1760. The number of hydrogen-bond acceptors (Lipinski definition) is 13. The number of ether oxygens (including phenoxy) is 6. The highest BCUT2D eigenvalue weighted by Crippen LogP contribution is 2.40. The average molecular weight is 884 g/mol. The highest BCUT2D eigenvalue weighted by molar-refractivity contribution is 6.39. The number of benzene rings is 1. The second kappa shape index (κ2) is 22.5. The van der Waals surface area contributed by atoms with Gasteiger partial charge >= 0.3 is 11.9 Å². The van der Waals surface area contributed by atoms with E-state index in [1.165, 1.54) is 20.4 Å². The van der Waals surface area contributed by atoms with E-state index in [9.17, 15) is 34.5 Å². The van der Waals surface area contributed by atoms with Gasteiger partial charge in [0.25, 0.3) is 5.78 Å². The van der Waals surface area contributed by atoms with Gasteiger partial charge in [-0.15, -0.1) is 0 Å². The van der Waals surface area contributed by atoms with Gasteiger partial charge in [-0.1, -0.05) is 46.8 Å². The predicted octanol–water partition coefficient (Wildman–Crippen LogP) is 6.12. The summed E-state index contributed by atoms with van der Waals surface area (Å²) in [5, 5.41) is 34.8. The molecule has 15 unspecified atom stereocenters. The number of Topliss-reactive ketones (excluding diaryl/α,β-unsaturated/α-hetero) is 2. The van der Waals surface area contributed by atoms with Crippen LogP contribution in [0.2, 0.25) is 0 Å². The van der Waals surface area contributed by atoms with E-state index in [0.29, 0.717) is 62.0 Å². The van der Waals surface area contributed by atoms with Crippen molar-refractivity contribution in [1.82, 2.24) is 4.90 Å². The van der Waals surface area contributed by atoms with Crippen molar-refractivity contribution in [3.63, 3.8) is 0 Å². The lowest BCUT2D eigenvalue weighted by molar-refractivity contribution is -0.302. The van der Waals surface area contributed by atoms with Crippen LogP contribution in [-0.4, -0.2) is 120 Å². The molecule has 14 heteroatoms. The quantitative estimate of drug-likeness (QED) is 0.154. The largest absolute Gasteiger partial charge is 0.497 e. The minimum atomic E-state index is -2.54. The van der Waals surface area contributed by atoms with Crippen LogP contribution in [-0.2, 0) is 38.1 Å². The fraction of sp³-hybridized carbons (Fsp3) is 0.714. The van der Waals surface area contributed by atoms with Crippen molar-refractivity contribution in [3.8, 4) is 11.5 Å². The normalized spacial score (nSPS) is 38.3. The number of fused-ring (bicyclic) bond motifs is 3. The molecule has 3 heterocycles. The third-order valence-corrected chi connectivity index (χ3v) is 14.0. The Hall–Kier alpha value is -3.66. The van der Waals surface area contributed by atoms with Gasteiger partial charge in [-0.05, 0) is 119 Å². The Morgan fingerprint density at radius 1 is 0.841 bits per heavy atom. The van der Waals surface area contributed by atoms with Gasteiger partial charge in [0.05, 0.1) is 31.5 Å². The molecule has 352 valence electrons. The number of carbonyl (C=O) groups is 4. The Kier molecular flexibility index (Phi) is 18.0.